The zero-order chi connectivity index (χ0) is 16.3. The lowest BCUT2D eigenvalue weighted by Gasteiger charge is -2.09. The van der Waals surface area contributed by atoms with E-state index in [0.29, 0.717) is 13.1 Å². The third-order valence-electron chi connectivity index (χ3n) is 4.89. The molecule has 132 valence electrons. The Morgan fingerprint density at radius 2 is 1.69 bits per heavy atom. The van der Waals surface area contributed by atoms with E-state index in [0.717, 1.165) is 44.2 Å². The minimum absolute atomic E-state index is 0. The number of halogens is 2. The maximum absolute atomic E-state index is 12.9. The lowest BCUT2D eigenvalue weighted by Crippen LogP contribution is -2.19. The van der Waals surface area contributed by atoms with Crippen LogP contribution in [0.2, 0.25) is 0 Å². The molecular formula is C20H17Cl2N3O. The van der Waals surface area contributed by atoms with Crippen molar-refractivity contribution in [3.8, 4) is 11.4 Å². The van der Waals surface area contributed by atoms with E-state index in [-0.39, 0.29) is 30.4 Å². The normalized spacial score (nSPS) is 11.6. The van der Waals surface area contributed by atoms with Crippen LogP contribution in [0.25, 0.3) is 33.1 Å². The minimum Gasteiger partial charge on any atom is -0.326 e. The van der Waals surface area contributed by atoms with Crippen molar-refractivity contribution in [3.05, 3.63) is 76.1 Å². The van der Waals surface area contributed by atoms with E-state index in [4.69, 9.17) is 10.7 Å². The molecule has 4 nitrogen and oxygen atoms in total. The fourth-order valence-corrected chi connectivity index (χ4v) is 3.74. The molecule has 0 saturated heterocycles. The summed E-state index contributed by atoms with van der Waals surface area (Å²) in [6, 6.07) is 17.8. The molecule has 0 unspecified atom stereocenters. The molecule has 0 aliphatic carbocycles. The molecule has 0 atom stereocenters. The van der Waals surface area contributed by atoms with Gasteiger partial charge in [-0.3, -0.25) is 4.79 Å². The van der Waals surface area contributed by atoms with Gasteiger partial charge in [0.15, 0.2) is 0 Å². The molecule has 6 heteroatoms. The van der Waals surface area contributed by atoms with E-state index in [1.807, 2.05) is 53.1 Å². The summed E-state index contributed by atoms with van der Waals surface area (Å²) in [5.41, 5.74) is 10.9. The lowest BCUT2D eigenvalue weighted by atomic mass is 10.0. The first-order chi connectivity index (χ1) is 11.8. The predicted octanol–water partition coefficient (Wildman–Crippen LogP) is 3.88. The highest BCUT2D eigenvalue weighted by Crippen LogP contribution is 2.35. The number of aromatic nitrogens is 2. The second-order valence-corrected chi connectivity index (χ2v) is 6.15. The number of hydrogen-bond donors (Lipinski definition) is 1. The van der Waals surface area contributed by atoms with Crippen LogP contribution in [0.1, 0.15) is 11.1 Å². The molecule has 0 amide bonds. The number of fused-ring (bicyclic) bond motifs is 5. The van der Waals surface area contributed by atoms with Gasteiger partial charge >= 0.3 is 0 Å². The molecular weight excluding hydrogens is 369 g/mol. The van der Waals surface area contributed by atoms with Crippen LogP contribution in [0.15, 0.2) is 59.4 Å². The summed E-state index contributed by atoms with van der Waals surface area (Å²) >= 11 is 0. The molecule has 0 saturated carbocycles. The van der Waals surface area contributed by atoms with Gasteiger partial charge in [-0.1, -0.05) is 36.4 Å². The third kappa shape index (κ3) is 2.42. The van der Waals surface area contributed by atoms with Gasteiger partial charge in [0.05, 0.1) is 23.4 Å². The average Bonchev–Trinajstić information content (AvgIpc) is 2.98. The lowest BCUT2D eigenvalue weighted by molar-refractivity contribution is 0.804. The quantitative estimate of drug-likeness (QED) is 0.476. The van der Waals surface area contributed by atoms with Crippen LogP contribution in [0.5, 0.6) is 0 Å². The molecule has 2 aromatic carbocycles. The summed E-state index contributed by atoms with van der Waals surface area (Å²) in [6.07, 6.45) is 0. The van der Waals surface area contributed by atoms with Gasteiger partial charge in [0.1, 0.15) is 0 Å². The van der Waals surface area contributed by atoms with Crippen molar-refractivity contribution in [2.75, 3.05) is 0 Å². The highest BCUT2D eigenvalue weighted by molar-refractivity contribution is 5.91. The molecule has 5 rings (SSSR count). The van der Waals surface area contributed by atoms with Crippen LogP contribution in [0.4, 0.5) is 0 Å². The average molecular weight is 386 g/mol. The van der Waals surface area contributed by atoms with Gasteiger partial charge in [0, 0.05) is 22.9 Å². The van der Waals surface area contributed by atoms with Crippen LogP contribution in [-0.4, -0.2) is 9.55 Å². The molecule has 2 aromatic heterocycles. The smallest absolute Gasteiger partial charge is 0.259 e. The fourth-order valence-electron chi connectivity index (χ4n) is 3.74. The van der Waals surface area contributed by atoms with Crippen LogP contribution in [-0.2, 0) is 13.1 Å². The van der Waals surface area contributed by atoms with Crippen LogP contribution in [0.3, 0.4) is 0 Å². The Hall–Kier alpha value is -2.40. The standard InChI is InChI=1S/C20H15N3O.2ClH/c21-10-15-14-7-3-4-8-17(14)22-19-16(15)11-23-18(19)9-12-5-1-2-6-13(12)20(23)24;;/h1-9H,10-11,21H2;2*1H. The summed E-state index contributed by atoms with van der Waals surface area (Å²) in [7, 11) is 0. The summed E-state index contributed by atoms with van der Waals surface area (Å²) in [6.45, 7) is 0.978. The maximum atomic E-state index is 12.9. The van der Waals surface area contributed by atoms with Crippen molar-refractivity contribution in [2.24, 2.45) is 5.73 Å². The highest BCUT2D eigenvalue weighted by Gasteiger charge is 2.25. The van der Waals surface area contributed by atoms with E-state index in [2.05, 4.69) is 6.07 Å². The minimum atomic E-state index is 0. The molecule has 2 N–H and O–H groups in total. The number of benzene rings is 2. The molecule has 0 bridgehead atoms. The summed E-state index contributed by atoms with van der Waals surface area (Å²) < 4.78 is 1.82. The van der Waals surface area contributed by atoms with Crippen molar-refractivity contribution in [1.29, 1.82) is 0 Å². The number of pyridine rings is 2. The van der Waals surface area contributed by atoms with Gasteiger partial charge < -0.3 is 10.3 Å². The number of para-hydroxylation sites is 1. The van der Waals surface area contributed by atoms with Gasteiger partial charge in [-0.15, -0.1) is 24.8 Å². The van der Waals surface area contributed by atoms with Gasteiger partial charge in [-0.25, -0.2) is 4.98 Å². The molecule has 26 heavy (non-hydrogen) atoms. The first-order valence-corrected chi connectivity index (χ1v) is 8.01. The maximum Gasteiger partial charge on any atom is 0.259 e. The van der Waals surface area contributed by atoms with E-state index in [1.165, 1.54) is 0 Å². The molecule has 1 aliphatic rings. The second-order valence-electron chi connectivity index (χ2n) is 6.15. The van der Waals surface area contributed by atoms with Gasteiger partial charge in [-0.2, -0.15) is 0 Å². The predicted molar refractivity (Wildman–Crippen MR) is 110 cm³/mol. The number of hydrogen-bond acceptors (Lipinski definition) is 3. The van der Waals surface area contributed by atoms with Crippen molar-refractivity contribution in [3.63, 3.8) is 0 Å². The Balaban J connectivity index is 0.000000980. The van der Waals surface area contributed by atoms with Gasteiger partial charge in [-0.05, 0) is 29.1 Å². The Kier molecular flexibility index (Phi) is 4.76. The first kappa shape index (κ1) is 18.4. The summed E-state index contributed by atoms with van der Waals surface area (Å²) in [5.74, 6) is 0. The van der Waals surface area contributed by atoms with Crippen LogP contribution < -0.4 is 11.3 Å². The Morgan fingerprint density at radius 1 is 1.00 bits per heavy atom. The Bertz CT molecular complexity index is 1200. The number of rotatable bonds is 1. The molecule has 0 spiro atoms. The molecule has 4 aromatic rings. The molecule has 3 heterocycles. The van der Waals surface area contributed by atoms with Crippen LogP contribution in [0, 0.1) is 0 Å². The second kappa shape index (κ2) is 6.72. The first-order valence-electron chi connectivity index (χ1n) is 8.01. The Labute approximate surface area is 162 Å². The van der Waals surface area contributed by atoms with E-state index in [1.54, 1.807) is 0 Å². The van der Waals surface area contributed by atoms with E-state index >= 15 is 0 Å². The molecule has 0 radical (unpaired) electrons. The highest BCUT2D eigenvalue weighted by atomic mass is 35.5. The zero-order valence-corrected chi connectivity index (χ0v) is 15.4. The van der Waals surface area contributed by atoms with Crippen molar-refractivity contribution >= 4 is 46.5 Å². The number of nitrogens with zero attached hydrogens (tertiary/aromatic N) is 2. The van der Waals surface area contributed by atoms with Crippen molar-refractivity contribution < 1.29 is 0 Å². The summed E-state index contributed by atoms with van der Waals surface area (Å²) in [4.78, 5) is 17.7. The number of nitrogens with two attached hydrogens (primary N) is 1. The van der Waals surface area contributed by atoms with Crippen molar-refractivity contribution in [1.82, 2.24) is 9.55 Å². The third-order valence-corrected chi connectivity index (χ3v) is 4.89. The molecule has 1 aliphatic heterocycles. The van der Waals surface area contributed by atoms with Gasteiger partial charge in [0.25, 0.3) is 5.56 Å². The SMILES string of the molecule is Cl.Cl.NCc1c2c(nc3ccccc13)-c1cc3ccccc3c(=O)n1C2. The van der Waals surface area contributed by atoms with E-state index < -0.39 is 0 Å². The van der Waals surface area contributed by atoms with Crippen LogP contribution >= 0.6 is 24.8 Å². The monoisotopic (exact) mass is 385 g/mol. The Morgan fingerprint density at radius 3 is 2.46 bits per heavy atom. The fraction of sp³-hybridized carbons (Fsp3) is 0.100. The summed E-state index contributed by atoms with van der Waals surface area (Å²) in [5, 5.41) is 2.77. The zero-order valence-electron chi connectivity index (χ0n) is 13.8. The largest absolute Gasteiger partial charge is 0.326 e. The molecule has 0 fully saturated rings. The van der Waals surface area contributed by atoms with Gasteiger partial charge in [0.2, 0.25) is 0 Å². The topological polar surface area (TPSA) is 60.9 Å². The van der Waals surface area contributed by atoms with E-state index in [9.17, 15) is 4.79 Å². The van der Waals surface area contributed by atoms with Crippen molar-refractivity contribution in [2.45, 2.75) is 13.1 Å².